The molecule has 4 nitrogen and oxygen atoms in total. The van der Waals surface area contributed by atoms with Crippen molar-refractivity contribution in [2.45, 2.75) is 25.6 Å². The van der Waals surface area contributed by atoms with Crippen molar-refractivity contribution >= 4 is 17.6 Å². The predicted molar refractivity (Wildman–Crippen MR) is 85.7 cm³/mol. The lowest BCUT2D eigenvalue weighted by Gasteiger charge is -2.14. The zero-order valence-corrected chi connectivity index (χ0v) is 13.6. The molecule has 0 saturated heterocycles. The van der Waals surface area contributed by atoms with E-state index < -0.39 is 35.5 Å². The second kappa shape index (κ2) is 7.99. The van der Waals surface area contributed by atoms with Crippen molar-refractivity contribution < 1.29 is 31.9 Å². The van der Waals surface area contributed by atoms with Crippen molar-refractivity contribution in [2.24, 2.45) is 0 Å². The number of benzene rings is 2. The van der Waals surface area contributed by atoms with Gasteiger partial charge in [-0.3, -0.25) is 9.59 Å². The third kappa shape index (κ3) is 5.30. The van der Waals surface area contributed by atoms with Gasteiger partial charge < -0.3 is 10.1 Å². The average Bonchev–Trinajstić information content (AvgIpc) is 2.56. The van der Waals surface area contributed by atoms with Gasteiger partial charge in [-0.15, -0.1) is 0 Å². The van der Waals surface area contributed by atoms with Crippen LogP contribution in [0.5, 0.6) is 0 Å². The van der Waals surface area contributed by atoms with E-state index in [1.54, 1.807) is 6.07 Å². The van der Waals surface area contributed by atoms with Gasteiger partial charge in [-0.1, -0.05) is 18.2 Å². The van der Waals surface area contributed by atoms with Gasteiger partial charge in [0, 0.05) is 5.69 Å². The van der Waals surface area contributed by atoms with Gasteiger partial charge in [0.15, 0.2) is 6.10 Å². The molecule has 0 aliphatic carbocycles. The van der Waals surface area contributed by atoms with Gasteiger partial charge in [0.1, 0.15) is 5.82 Å². The van der Waals surface area contributed by atoms with E-state index in [1.807, 2.05) is 0 Å². The number of amides is 1. The molecule has 0 aliphatic rings. The molecule has 1 atom stereocenters. The number of anilines is 1. The average molecular weight is 369 g/mol. The summed E-state index contributed by atoms with van der Waals surface area (Å²) in [5, 5.41) is 2.34. The van der Waals surface area contributed by atoms with Crippen LogP contribution in [0.4, 0.5) is 23.2 Å². The van der Waals surface area contributed by atoms with Gasteiger partial charge in [0.25, 0.3) is 5.91 Å². The maximum Gasteiger partial charge on any atom is 0.416 e. The molecule has 0 aliphatic heterocycles. The van der Waals surface area contributed by atoms with Gasteiger partial charge in [-0.2, -0.15) is 13.2 Å². The molecule has 26 heavy (non-hydrogen) atoms. The van der Waals surface area contributed by atoms with E-state index in [9.17, 15) is 27.2 Å². The minimum Gasteiger partial charge on any atom is -0.452 e. The number of hydrogen-bond acceptors (Lipinski definition) is 3. The van der Waals surface area contributed by atoms with Crippen molar-refractivity contribution in [3.63, 3.8) is 0 Å². The monoisotopic (exact) mass is 369 g/mol. The van der Waals surface area contributed by atoms with Crippen LogP contribution in [0.25, 0.3) is 0 Å². The van der Waals surface area contributed by atoms with Crippen molar-refractivity contribution in [3.8, 4) is 0 Å². The molecule has 0 bridgehead atoms. The Bertz CT molecular complexity index is 788. The first-order valence-electron chi connectivity index (χ1n) is 7.58. The van der Waals surface area contributed by atoms with Crippen molar-refractivity contribution in [1.82, 2.24) is 0 Å². The first kappa shape index (κ1) is 19.4. The minimum atomic E-state index is -4.47. The summed E-state index contributed by atoms with van der Waals surface area (Å²) in [4.78, 5) is 23.8. The maximum absolute atomic E-state index is 13.5. The van der Waals surface area contributed by atoms with Gasteiger partial charge in [-0.05, 0) is 42.8 Å². The minimum absolute atomic E-state index is 0.125. The Labute approximate surface area is 146 Å². The predicted octanol–water partition coefficient (Wildman–Crippen LogP) is 3.96. The number of hydrogen-bond donors (Lipinski definition) is 1. The second-order valence-corrected chi connectivity index (χ2v) is 5.46. The summed E-state index contributed by atoms with van der Waals surface area (Å²) < 4.78 is 55.9. The summed E-state index contributed by atoms with van der Waals surface area (Å²) in [6.07, 6.45) is -6.01. The molecular formula is C18H15F4NO3. The fourth-order valence-corrected chi connectivity index (χ4v) is 2.08. The summed E-state index contributed by atoms with van der Waals surface area (Å²) in [5.74, 6) is -2.08. The van der Waals surface area contributed by atoms with Gasteiger partial charge in [0.2, 0.25) is 0 Å². The van der Waals surface area contributed by atoms with Crippen LogP contribution in [-0.4, -0.2) is 18.0 Å². The number of ether oxygens (including phenoxy) is 1. The van der Waals surface area contributed by atoms with Crippen LogP contribution in [0.3, 0.4) is 0 Å². The zero-order chi connectivity index (χ0) is 19.3. The molecular weight excluding hydrogens is 354 g/mol. The first-order chi connectivity index (χ1) is 12.2. The lowest BCUT2D eigenvalue weighted by molar-refractivity contribution is -0.152. The molecule has 0 saturated carbocycles. The molecule has 0 radical (unpaired) electrons. The third-order valence-electron chi connectivity index (χ3n) is 3.45. The Morgan fingerprint density at radius 1 is 1.08 bits per heavy atom. The molecule has 2 rings (SSSR count). The lowest BCUT2D eigenvalue weighted by atomic mass is 10.1. The standard InChI is InChI=1S/C18H15F4NO3/c1-11(26-16(24)10-12-4-2-3-5-15(12)19)17(25)23-14-8-6-13(7-9-14)18(20,21)22/h2-9,11H,10H2,1H3,(H,23,25)/t11-/m0/s1. The molecule has 2 aromatic rings. The van der Waals surface area contributed by atoms with Crippen molar-refractivity contribution in [3.05, 3.63) is 65.5 Å². The van der Waals surface area contributed by atoms with Crippen molar-refractivity contribution in [1.29, 1.82) is 0 Å². The van der Waals surface area contributed by atoms with Crippen LogP contribution in [0.2, 0.25) is 0 Å². The third-order valence-corrected chi connectivity index (χ3v) is 3.45. The van der Waals surface area contributed by atoms with Crippen LogP contribution >= 0.6 is 0 Å². The molecule has 0 fully saturated rings. The first-order valence-corrected chi connectivity index (χ1v) is 7.58. The fourth-order valence-electron chi connectivity index (χ4n) is 2.08. The van der Waals surface area contributed by atoms with Gasteiger partial charge >= 0.3 is 12.1 Å². The molecule has 0 heterocycles. The Morgan fingerprint density at radius 2 is 1.69 bits per heavy atom. The lowest BCUT2D eigenvalue weighted by Crippen LogP contribution is -2.30. The molecule has 1 N–H and O–H groups in total. The Balaban J connectivity index is 1.91. The van der Waals surface area contributed by atoms with E-state index in [0.29, 0.717) is 0 Å². The summed E-state index contributed by atoms with van der Waals surface area (Å²) in [7, 11) is 0. The van der Waals surface area contributed by atoms with Crippen LogP contribution in [-0.2, 0) is 26.9 Å². The zero-order valence-electron chi connectivity index (χ0n) is 13.6. The summed E-state index contributed by atoms with van der Waals surface area (Å²) in [6, 6.07) is 9.49. The number of rotatable bonds is 5. The summed E-state index contributed by atoms with van der Waals surface area (Å²) in [5.41, 5.74) is -0.590. The molecule has 0 spiro atoms. The number of esters is 1. The molecule has 0 unspecified atom stereocenters. The molecule has 8 heteroatoms. The number of halogens is 4. The van der Waals surface area contributed by atoms with E-state index >= 15 is 0 Å². The smallest absolute Gasteiger partial charge is 0.416 e. The molecule has 0 aromatic heterocycles. The number of alkyl halides is 3. The van der Waals surface area contributed by atoms with E-state index in [0.717, 1.165) is 24.3 Å². The SMILES string of the molecule is C[C@H](OC(=O)Cc1ccccc1F)C(=O)Nc1ccc(C(F)(F)F)cc1. The maximum atomic E-state index is 13.5. The van der Waals surface area contributed by atoms with Gasteiger partial charge in [0.05, 0.1) is 12.0 Å². The van der Waals surface area contributed by atoms with Gasteiger partial charge in [-0.25, -0.2) is 4.39 Å². The number of carbonyl (C=O) groups is 2. The largest absolute Gasteiger partial charge is 0.452 e. The highest BCUT2D eigenvalue weighted by Gasteiger charge is 2.30. The molecule has 2 aromatic carbocycles. The van der Waals surface area contributed by atoms with E-state index in [1.165, 1.54) is 25.1 Å². The van der Waals surface area contributed by atoms with Crippen LogP contribution in [0.1, 0.15) is 18.1 Å². The highest BCUT2D eigenvalue weighted by molar-refractivity contribution is 5.95. The highest BCUT2D eigenvalue weighted by atomic mass is 19.4. The van der Waals surface area contributed by atoms with E-state index in [-0.39, 0.29) is 17.7 Å². The Morgan fingerprint density at radius 3 is 2.27 bits per heavy atom. The summed E-state index contributed by atoms with van der Waals surface area (Å²) >= 11 is 0. The van der Waals surface area contributed by atoms with Crippen LogP contribution in [0.15, 0.2) is 48.5 Å². The fraction of sp³-hybridized carbons (Fsp3) is 0.222. The normalized spacial score (nSPS) is 12.3. The summed E-state index contributed by atoms with van der Waals surface area (Å²) in [6.45, 7) is 1.30. The Kier molecular flexibility index (Phi) is 5.97. The second-order valence-electron chi connectivity index (χ2n) is 5.46. The van der Waals surface area contributed by atoms with Crippen molar-refractivity contribution in [2.75, 3.05) is 5.32 Å². The quantitative estimate of drug-likeness (QED) is 0.641. The number of nitrogens with one attached hydrogen (secondary N) is 1. The highest BCUT2D eigenvalue weighted by Crippen LogP contribution is 2.29. The van der Waals surface area contributed by atoms with Crippen LogP contribution in [0, 0.1) is 5.82 Å². The topological polar surface area (TPSA) is 55.4 Å². The molecule has 138 valence electrons. The number of carbonyl (C=O) groups excluding carboxylic acids is 2. The van der Waals surface area contributed by atoms with Crippen LogP contribution < -0.4 is 5.32 Å². The Hall–Kier alpha value is -2.90. The van der Waals surface area contributed by atoms with E-state index in [4.69, 9.17) is 4.74 Å². The molecule has 1 amide bonds. The van der Waals surface area contributed by atoms with E-state index in [2.05, 4.69) is 5.32 Å².